The van der Waals surface area contributed by atoms with Gasteiger partial charge in [0.05, 0.1) is 5.25 Å². The highest BCUT2D eigenvalue weighted by Crippen LogP contribution is 2.27. The monoisotopic (exact) mass is 379 g/mol. The minimum absolute atomic E-state index is 0.132. The van der Waals surface area contributed by atoms with Crippen LogP contribution in [-0.2, 0) is 4.79 Å². The zero-order valence-corrected chi connectivity index (χ0v) is 15.9. The van der Waals surface area contributed by atoms with E-state index in [9.17, 15) is 4.79 Å². The topological polar surface area (TPSA) is 77.0 Å². The van der Waals surface area contributed by atoms with Crippen molar-refractivity contribution in [3.05, 3.63) is 29.3 Å². The van der Waals surface area contributed by atoms with Crippen LogP contribution in [0.25, 0.3) is 11.4 Å². The van der Waals surface area contributed by atoms with Crippen molar-refractivity contribution in [3.63, 3.8) is 0 Å². The zero-order valence-electron chi connectivity index (χ0n) is 14.4. The van der Waals surface area contributed by atoms with Gasteiger partial charge in [-0.25, -0.2) is 4.68 Å². The lowest BCUT2D eigenvalue weighted by atomic mass is 9.99. The summed E-state index contributed by atoms with van der Waals surface area (Å²) in [6, 6.07) is 7.24. The number of hydrogen-bond donors (Lipinski definition) is 1. The second-order valence-corrected chi connectivity index (χ2v) is 8.20. The van der Waals surface area contributed by atoms with Crippen molar-refractivity contribution >= 4 is 29.3 Å². The number of nitrogen functional groups attached to an aromatic ring is 1. The van der Waals surface area contributed by atoms with E-state index in [1.165, 1.54) is 16.4 Å². The first-order chi connectivity index (χ1) is 12.0. The first kappa shape index (κ1) is 18.1. The van der Waals surface area contributed by atoms with Gasteiger partial charge < -0.3 is 10.7 Å². The van der Waals surface area contributed by atoms with Gasteiger partial charge in [0.2, 0.25) is 11.1 Å². The SMILES string of the molecule is CC1CCN(C(=O)[C@@H](C)Sc2nnc(-c3ccc(Cl)cc3)n2N)CC1. The molecule has 6 nitrogen and oxygen atoms in total. The molecule has 3 rings (SSSR count). The molecule has 1 saturated heterocycles. The Labute approximate surface area is 156 Å². The van der Waals surface area contributed by atoms with Gasteiger partial charge in [0.25, 0.3) is 0 Å². The molecule has 1 aliphatic rings. The molecule has 8 heteroatoms. The zero-order chi connectivity index (χ0) is 18.0. The molecule has 2 heterocycles. The minimum atomic E-state index is -0.252. The predicted molar refractivity (Wildman–Crippen MR) is 101 cm³/mol. The van der Waals surface area contributed by atoms with Crippen molar-refractivity contribution in [2.45, 2.75) is 37.1 Å². The van der Waals surface area contributed by atoms with E-state index in [4.69, 9.17) is 17.4 Å². The molecule has 0 bridgehead atoms. The summed E-state index contributed by atoms with van der Waals surface area (Å²) in [5, 5.41) is 9.21. The first-order valence-corrected chi connectivity index (χ1v) is 9.63. The first-order valence-electron chi connectivity index (χ1n) is 8.37. The molecule has 1 atom stereocenters. The average molecular weight is 380 g/mol. The van der Waals surface area contributed by atoms with Crippen molar-refractivity contribution in [2.75, 3.05) is 18.9 Å². The fourth-order valence-corrected chi connectivity index (χ4v) is 3.83. The molecule has 0 spiro atoms. The predicted octanol–water partition coefficient (Wildman–Crippen LogP) is 3.05. The number of nitrogens with zero attached hydrogens (tertiary/aromatic N) is 4. The fraction of sp³-hybridized carbons (Fsp3) is 0.471. The number of carbonyl (C=O) groups excluding carboxylic acids is 1. The van der Waals surface area contributed by atoms with Gasteiger partial charge in [-0.15, -0.1) is 10.2 Å². The third-order valence-electron chi connectivity index (χ3n) is 4.49. The van der Waals surface area contributed by atoms with Gasteiger partial charge in [0.1, 0.15) is 0 Å². The summed E-state index contributed by atoms with van der Waals surface area (Å²) in [5.41, 5.74) is 0.829. The number of carbonyl (C=O) groups is 1. The van der Waals surface area contributed by atoms with E-state index in [2.05, 4.69) is 17.1 Å². The molecule has 1 aromatic carbocycles. The molecule has 0 unspecified atom stereocenters. The summed E-state index contributed by atoms with van der Waals surface area (Å²) in [5.74, 6) is 7.51. The van der Waals surface area contributed by atoms with Crippen LogP contribution in [-0.4, -0.2) is 44.0 Å². The minimum Gasteiger partial charge on any atom is -0.342 e. The molecule has 2 N–H and O–H groups in total. The molecular formula is C17H22ClN5OS. The van der Waals surface area contributed by atoms with E-state index in [0.717, 1.165) is 31.5 Å². The Hall–Kier alpha value is -1.73. The maximum atomic E-state index is 12.6. The van der Waals surface area contributed by atoms with Crippen molar-refractivity contribution in [1.29, 1.82) is 0 Å². The van der Waals surface area contributed by atoms with Gasteiger partial charge in [-0.2, -0.15) is 0 Å². The van der Waals surface area contributed by atoms with Crippen LogP contribution in [0.5, 0.6) is 0 Å². The summed E-state index contributed by atoms with van der Waals surface area (Å²) in [6.07, 6.45) is 2.13. The number of benzene rings is 1. The number of halogens is 1. The van der Waals surface area contributed by atoms with Gasteiger partial charge in [-0.05, 0) is 49.9 Å². The summed E-state index contributed by atoms with van der Waals surface area (Å²) in [6.45, 7) is 5.78. The lowest BCUT2D eigenvalue weighted by molar-refractivity contribution is -0.131. The van der Waals surface area contributed by atoms with E-state index in [-0.39, 0.29) is 11.2 Å². The lowest BCUT2D eigenvalue weighted by Gasteiger charge is -2.31. The fourth-order valence-electron chi connectivity index (χ4n) is 2.85. The highest BCUT2D eigenvalue weighted by Gasteiger charge is 2.26. The summed E-state index contributed by atoms with van der Waals surface area (Å²) >= 11 is 7.25. The Morgan fingerprint density at radius 1 is 1.28 bits per heavy atom. The summed E-state index contributed by atoms with van der Waals surface area (Å²) < 4.78 is 1.43. The number of nitrogens with two attached hydrogens (primary N) is 1. The Kier molecular flexibility index (Phi) is 5.54. The van der Waals surface area contributed by atoms with E-state index < -0.39 is 0 Å². The highest BCUT2D eigenvalue weighted by atomic mass is 35.5. The molecule has 0 aliphatic carbocycles. The second kappa shape index (κ2) is 7.66. The summed E-state index contributed by atoms with van der Waals surface area (Å²) in [4.78, 5) is 14.6. The molecule has 1 aliphatic heterocycles. The molecule has 1 fully saturated rings. The van der Waals surface area contributed by atoms with Crippen LogP contribution in [0.3, 0.4) is 0 Å². The molecule has 134 valence electrons. The Balaban J connectivity index is 1.68. The smallest absolute Gasteiger partial charge is 0.235 e. The van der Waals surface area contributed by atoms with Crippen LogP contribution in [0.15, 0.2) is 29.4 Å². The third kappa shape index (κ3) is 4.10. The number of thioether (sulfide) groups is 1. The maximum Gasteiger partial charge on any atom is 0.235 e. The van der Waals surface area contributed by atoms with Crippen molar-refractivity contribution in [2.24, 2.45) is 5.92 Å². The van der Waals surface area contributed by atoms with Gasteiger partial charge >= 0.3 is 0 Å². The normalized spacial score (nSPS) is 16.8. The van der Waals surface area contributed by atoms with Crippen LogP contribution in [0.4, 0.5) is 0 Å². The van der Waals surface area contributed by atoms with Gasteiger partial charge in [0.15, 0.2) is 5.82 Å². The largest absolute Gasteiger partial charge is 0.342 e. The van der Waals surface area contributed by atoms with E-state index >= 15 is 0 Å². The van der Waals surface area contributed by atoms with E-state index in [1.807, 2.05) is 24.0 Å². The van der Waals surface area contributed by atoms with Crippen LogP contribution in [0, 0.1) is 5.92 Å². The number of rotatable bonds is 4. The Morgan fingerprint density at radius 2 is 1.92 bits per heavy atom. The van der Waals surface area contributed by atoms with Crippen molar-refractivity contribution in [3.8, 4) is 11.4 Å². The number of hydrogen-bond acceptors (Lipinski definition) is 5. The molecule has 0 saturated carbocycles. The number of likely N-dealkylation sites (tertiary alicyclic amines) is 1. The van der Waals surface area contributed by atoms with Gasteiger partial charge in [-0.1, -0.05) is 30.3 Å². The Morgan fingerprint density at radius 3 is 2.56 bits per heavy atom. The third-order valence-corrected chi connectivity index (χ3v) is 5.79. The molecular weight excluding hydrogens is 358 g/mol. The van der Waals surface area contributed by atoms with Crippen LogP contribution in [0.2, 0.25) is 5.02 Å². The molecule has 0 radical (unpaired) electrons. The van der Waals surface area contributed by atoms with E-state index in [0.29, 0.717) is 21.9 Å². The van der Waals surface area contributed by atoms with Gasteiger partial charge in [0, 0.05) is 23.7 Å². The highest BCUT2D eigenvalue weighted by molar-refractivity contribution is 8.00. The molecule has 1 aromatic heterocycles. The number of piperidine rings is 1. The Bertz CT molecular complexity index is 740. The molecule has 2 aromatic rings. The van der Waals surface area contributed by atoms with Crippen LogP contribution >= 0.6 is 23.4 Å². The molecule has 1 amide bonds. The quantitative estimate of drug-likeness (QED) is 0.652. The van der Waals surface area contributed by atoms with Crippen LogP contribution < -0.4 is 5.84 Å². The van der Waals surface area contributed by atoms with Crippen molar-refractivity contribution < 1.29 is 4.79 Å². The van der Waals surface area contributed by atoms with E-state index in [1.54, 1.807) is 12.1 Å². The summed E-state index contributed by atoms with van der Waals surface area (Å²) in [7, 11) is 0. The number of aromatic nitrogens is 3. The number of amides is 1. The second-order valence-electron chi connectivity index (χ2n) is 6.45. The van der Waals surface area contributed by atoms with Gasteiger partial charge in [-0.3, -0.25) is 4.79 Å². The standard InChI is InChI=1S/C17H22ClN5OS/c1-11-7-9-22(10-8-11)16(24)12(2)25-17-21-20-15(23(17)19)13-3-5-14(18)6-4-13/h3-6,11-12H,7-10,19H2,1-2H3/t12-/m1/s1. The average Bonchev–Trinajstić information content (AvgIpc) is 2.96. The van der Waals surface area contributed by atoms with Crippen LogP contribution in [0.1, 0.15) is 26.7 Å². The lowest BCUT2D eigenvalue weighted by Crippen LogP contribution is -2.41. The van der Waals surface area contributed by atoms with Crippen molar-refractivity contribution in [1.82, 2.24) is 19.8 Å². The molecule has 25 heavy (non-hydrogen) atoms. The maximum absolute atomic E-state index is 12.6.